The summed E-state index contributed by atoms with van der Waals surface area (Å²) in [5, 5.41) is 0. The van der Waals surface area contributed by atoms with Crippen LogP contribution in [0.3, 0.4) is 0 Å². The van der Waals surface area contributed by atoms with Gasteiger partial charge in [-0.2, -0.15) is 0 Å². The first kappa shape index (κ1) is 26.0. The summed E-state index contributed by atoms with van der Waals surface area (Å²) in [7, 11) is 0. The van der Waals surface area contributed by atoms with Crippen LogP contribution in [-0.4, -0.2) is 6.36 Å². The Morgan fingerprint density at radius 1 is 0.848 bits per heavy atom. The van der Waals surface area contributed by atoms with Crippen LogP contribution in [0.5, 0.6) is 5.75 Å². The predicted molar refractivity (Wildman–Crippen MR) is 121 cm³/mol. The normalized spacial score (nSPS) is 26.6. The monoisotopic (exact) mass is 472 g/mol. The average molecular weight is 473 g/mol. The summed E-state index contributed by atoms with van der Waals surface area (Å²) in [5.41, 5.74) is 0.382. The minimum absolute atomic E-state index is 0.382. The molecule has 0 heterocycles. The van der Waals surface area contributed by atoms with Gasteiger partial charge in [0, 0.05) is 0 Å². The topological polar surface area (TPSA) is 9.23 Å². The second-order valence-electron chi connectivity index (χ2n) is 10.0. The maximum absolute atomic E-state index is 13.9. The van der Waals surface area contributed by atoms with Crippen molar-refractivity contribution in [1.82, 2.24) is 0 Å². The Balaban J connectivity index is 1.39. The van der Waals surface area contributed by atoms with Crippen molar-refractivity contribution < 1.29 is 26.7 Å². The van der Waals surface area contributed by atoms with E-state index in [-0.39, 0.29) is 0 Å². The van der Waals surface area contributed by atoms with Crippen LogP contribution in [-0.2, 0) is 6.42 Å². The molecular weight excluding hydrogens is 435 g/mol. The van der Waals surface area contributed by atoms with Crippen molar-refractivity contribution in [1.29, 1.82) is 0 Å². The van der Waals surface area contributed by atoms with Gasteiger partial charge >= 0.3 is 6.36 Å². The third kappa shape index (κ3) is 8.29. The van der Waals surface area contributed by atoms with Gasteiger partial charge in [-0.1, -0.05) is 38.3 Å². The van der Waals surface area contributed by atoms with E-state index >= 15 is 0 Å². The van der Waals surface area contributed by atoms with Crippen LogP contribution in [0, 0.1) is 35.3 Å². The molecule has 1 aromatic carbocycles. The molecule has 6 heteroatoms. The predicted octanol–water partition coefficient (Wildman–Crippen LogP) is 9.16. The summed E-state index contributed by atoms with van der Waals surface area (Å²) >= 11 is 0. The van der Waals surface area contributed by atoms with E-state index in [1.165, 1.54) is 57.8 Å². The van der Waals surface area contributed by atoms with Crippen molar-refractivity contribution in [3.63, 3.8) is 0 Å². The number of aryl methyl sites for hydroxylation is 1. The molecule has 0 atom stereocenters. The minimum Gasteiger partial charge on any atom is -0.399 e. The van der Waals surface area contributed by atoms with Gasteiger partial charge in [-0.25, -0.2) is 8.78 Å². The standard InChI is InChI=1S/C27H37F5O/c1-2-3-4-5-6-19-9-13-22(14-10-19)23-15-11-20(12-16-23)7-8-21-17-24(28)26(25(29)18-21)33-27(30,31)32/h4-5,17-20,22-23H,2-3,6-16H2,1H3/b5-4+. The smallest absolute Gasteiger partial charge is 0.399 e. The van der Waals surface area contributed by atoms with Gasteiger partial charge in [-0.3, -0.25) is 0 Å². The van der Waals surface area contributed by atoms with E-state index < -0.39 is 23.7 Å². The Labute approximate surface area is 194 Å². The highest BCUT2D eigenvalue weighted by Crippen LogP contribution is 2.43. The molecule has 3 rings (SSSR count). The Kier molecular flexibility index (Phi) is 9.63. The second kappa shape index (κ2) is 12.2. The Bertz CT molecular complexity index is 733. The summed E-state index contributed by atoms with van der Waals surface area (Å²) in [4.78, 5) is 0. The number of unbranched alkanes of at least 4 members (excludes halogenated alkanes) is 1. The molecule has 2 aliphatic rings. The van der Waals surface area contributed by atoms with Gasteiger partial charge in [-0.05, 0) is 106 Å². The van der Waals surface area contributed by atoms with E-state index in [0.717, 1.165) is 49.1 Å². The minimum atomic E-state index is -5.12. The highest BCUT2D eigenvalue weighted by molar-refractivity contribution is 5.31. The summed E-state index contributed by atoms with van der Waals surface area (Å²) in [6.07, 6.45) is 14.5. The molecule has 0 amide bonds. The Morgan fingerprint density at radius 3 is 1.91 bits per heavy atom. The van der Waals surface area contributed by atoms with Crippen LogP contribution in [0.15, 0.2) is 24.3 Å². The van der Waals surface area contributed by atoms with Gasteiger partial charge in [0.1, 0.15) is 0 Å². The number of rotatable bonds is 9. The molecule has 0 radical (unpaired) electrons. The lowest BCUT2D eigenvalue weighted by Crippen LogP contribution is -2.26. The SMILES string of the molecule is CCC/C=C/CC1CCC(C2CCC(CCc3cc(F)c(OC(F)(F)F)c(F)c3)CC2)CC1. The Hall–Kier alpha value is -1.59. The quantitative estimate of drug-likeness (QED) is 0.257. The number of ether oxygens (including phenoxy) is 1. The van der Waals surface area contributed by atoms with Crippen molar-refractivity contribution in [2.45, 2.75) is 96.8 Å². The number of alkyl halides is 3. The summed E-state index contributed by atoms with van der Waals surface area (Å²) in [6, 6.07) is 1.93. The van der Waals surface area contributed by atoms with Gasteiger partial charge in [-0.15, -0.1) is 13.2 Å². The lowest BCUT2D eigenvalue weighted by Gasteiger charge is -2.38. The van der Waals surface area contributed by atoms with Crippen molar-refractivity contribution >= 4 is 0 Å². The van der Waals surface area contributed by atoms with Gasteiger partial charge < -0.3 is 4.74 Å². The molecule has 0 unspecified atom stereocenters. The van der Waals surface area contributed by atoms with E-state index in [1.54, 1.807) is 0 Å². The highest BCUT2D eigenvalue weighted by Gasteiger charge is 2.34. The summed E-state index contributed by atoms with van der Waals surface area (Å²) in [6.45, 7) is 2.21. The third-order valence-corrected chi connectivity index (χ3v) is 7.66. The van der Waals surface area contributed by atoms with Gasteiger partial charge in [0.25, 0.3) is 0 Å². The largest absolute Gasteiger partial charge is 0.573 e. The molecule has 2 fully saturated rings. The van der Waals surface area contributed by atoms with Crippen LogP contribution in [0.2, 0.25) is 0 Å². The molecule has 0 aromatic heterocycles. The van der Waals surface area contributed by atoms with Crippen molar-refractivity contribution in [2.75, 3.05) is 0 Å². The first-order chi connectivity index (χ1) is 15.7. The molecule has 0 saturated heterocycles. The summed E-state index contributed by atoms with van der Waals surface area (Å²) < 4.78 is 68.2. The zero-order valence-electron chi connectivity index (χ0n) is 19.6. The number of benzene rings is 1. The fraction of sp³-hybridized carbons (Fsp3) is 0.704. The summed E-state index contributed by atoms with van der Waals surface area (Å²) in [5.74, 6) is -0.987. The Morgan fingerprint density at radius 2 is 1.39 bits per heavy atom. The van der Waals surface area contributed by atoms with E-state index in [2.05, 4.69) is 23.8 Å². The molecule has 1 nitrogen and oxygen atoms in total. The maximum Gasteiger partial charge on any atom is 0.573 e. The van der Waals surface area contributed by atoms with Gasteiger partial charge in [0.2, 0.25) is 5.75 Å². The second-order valence-corrected chi connectivity index (χ2v) is 10.0. The molecule has 0 aliphatic heterocycles. The van der Waals surface area contributed by atoms with Crippen LogP contribution >= 0.6 is 0 Å². The molecule has 2 aliphatic carbocycles. The van der Waals surface area contributed by atoms with Crippen molar-refractivity contribution in [3.8, 4) is 5.75 Å². The van der Waals surface area contributed by atoms with E-state index in [0.29, 0.717) is 17.9 Å². The molecule has 0 spiro atoms. The lowest BCUT2D eigenvalue weighted by atomic mass is 9.68. The van der Waals surface area contributed by atoms with Gasteiger partial charge in [0.15, 0.2) is 11.6 Å². The average Bonchev–Trinajstić information content (AvgIpc) is 2.78. The highest BCUT2D eigenvalue weighted by atomic mass is 19.4. The van der Waals surface area contributed by atoms with E-state index in [1.807, 2.05) is 0 Å². The van der Waals surface area contributed by atoms with Crippen LogP contribution in [0.1, 0.15) is 89.5 Å². The third-order valence-electron chi connectivity index (χ3n) is 7.66. The van der Waals surface area contributed by atoms with Crippen molar-refractivity contribution in [2.24, 2.45) is 23.7 Å². The maximum atomic E-state index is 13.9. The molecule has 33 heavy (non-hydrogen) atoms. The van der Waals surface area contributed by atoms with Crippen LogP contribution in [0.25, 0.3) is 0 Å². The number of hydrogen-bond donors (Lipinski definition) is 0. The van der Waals surface area contributed by atoms with Crippen LogP contribution in [0.4, 0.5) is 22.0 Å². The fourth-order valence-corrected chi connectivity index (χ4v) is 5.76. The number of allylic oxidation sites excluding steroid dienone is 2. The van der Waals surface area contributed by atoms with Crippen LogP contribution < -0.4 is 4.74 Å². The molecule has 2 saturated carbocycles. The molecule has 0 bridgehead atoms. The zero-order valence-corrected chi connectivity index (χ0v) is 19.6. The molecule has 186 valence electrons. The van der Waals surface area contributed by atoms with Crippen molar-refractivity contribution in [3.05, 3.63) is 41.5 Å². The van der Waals surface area contributed by atoms with Gasteiger partial charge in [0.05, 0.1) is 0 Å². The number of halogens is 5. The first-order valence-electron chi connectivity index (χ1n) is 12.6. The van der Waals surface area contributed by atoms with E-state index in [9.17, 15) is 22.0 Å². The number of hydrogen-bond acceptors (Lipinski definition) is 1. The molecular formula is C27H37F5O. The molecule has 1 aromatic rings. The zero-order chi connectivity index (χ0) is 23.8. The first-order valence-corrected chi connectivity index (χ1v) is 12.6. The van der Waals surface area contributed by atoms with E-state index in [4.69, 9.17) is 0 Å². The molecule has 0 N–H and O–H groups in total. The lowest BCUT2D eigenvalue weighted by molar-refractivity contribution is -0.276. The fourth-order valence-electron chi connectivity index (χ4n) is 5.76.